The fourth-order valence-corrected chi connectivity index (χ4v) is 3.17. The number of thiocarbonyl (C=S) groups is 1. The molecule has 0 fully saturated rings. The third-order valence-corrected chi connectivity index (χ3v) is 4.46. The molecular weight excluding hydrogens is 348 g/mol. The van der Waals surface area contributed by atoms with Crippen molar-refractivity contribution in [3.8, 4) is 5.75 Å². The lowest BCUT2D eigenvalue weighted by atomic mass is 9.95. The number of nitrogens with one attached hydrogen (secondary N) is 2. The van der Waals surface area contributed by atoms with Gasteiger partial charge in [0.25, 0.3) is 0 Å². The van der Waals surface area contributed by atoms with E-state index in [0.717, 1.165) is 24.3 Å². The smallest absolute Gasteiger partial charge is 0.338 e. The highest BCUT2D eigenvalue weighted by Gasteiger charge is 2.30. The van der Waals surface area contributed by atoms with Crippen LogP contribution < -0.4 is 15.4 Å². The Hall–Kier alpha value is -2.08. The summed E-state index contributed by atoms with van der Waals surface area (Å²) in [5.41, 5.74) is 2.21. The van der Waals surface area contributed by atoms with Crippen LogP contribution in [0.1, 0.15) is 58.1 Å². The highest BCUT2D eigenvalue weighted by atomic mass is 32.1. The number of carbonyl (C=O) groups excluding carboxylic acids is 1. The first-order valence-corrected chi connectivity index (χ1v) is 9.65. The van der Waals surface area contributed by atoms with E-state index in [4.69, 9.17) is 21.7 Å². The number of esters is 1. The van der Waals surface area contributed by atoms with E-state index >= 15 is 0 Å². The molecule has 1 atom stereocenters. The lowest BCUT2D eigenvalue weighted by molar-refractivity contribution is -0.139. The molecule has 1 heterocycles. The van der Waals surface area contributed by atoms with Crippen molar-refractivity contribution in [2.45, 2.75) is 52.5 Å². The molecule has 142 valence electrons. The second-order valence-corrected chi connectivity index (χ2v) is 6.68. The summed E-state index contributed by atoms with van der Waals surface area (Å²) >= 11 is 5.25. The Balaban J connectivity index is 2.08. The Morgan fingerprint density at radius 3 is 2.54 bits per heavy atom. The number of rotatable bonds is 9. The quantitative estimate of drug-likeness (QED) is 0.386. The molecule has 1 aromatic carbocycles. The molecule has 0 amide bonds. The van der Waals surface area contributed by atoms with Crippen LogP contribution in [-0.4, -0.2) is 24.3 Å². The van der Waals surface area contributed by atoms with Crippen molar-refractivity contribution in [2.24, 2.45) is 0 Å². The van der Waals surface area contributed by atoms with Gasteiger partial charge in [0.2, 0.25) is 0 Å². The van der Waals surface area contributed by atoms with Gasteiger partial charge in [-0.2, -0.15) is 0 Å². The van der Waals surface area contributed by atoms with E-state index in [1.807, 2.05) is 31.2 Å². The third-order valence-electron chi connectivity index (χ3n) is 4.24. The van der Waals surface area contributed by atoms with Crippen molar-refractivity contribution in [1.82, 2.24) is 10.6 Å². The number of allylic oxidation sites excluding steroid dienone is 1. The summed E-state index contributed by atoms with van der Waals surface area (Å²) in [4.78, 5) is 12.4. The zero-order valence-electron chi connectivity index (χ0n) is 15.8. The Bertz CT molecular complexity index is 656. The molecule has 0 saturated carbocycles. The average molecular weight is 377 g/mol. The van der Waals surface area contributed by atoms with Crippen LogP contribution in [0.15, 0.2) is 35.5 Å². The Kier molecular flexibility index (Phi) is 7.91. The van der Waals surface area contributed by atoms with Crippen LogP contribution in [0.4, 0.5) is 0 Å². The summed E-state index contributed by atoms with van der Waals surface area (Å²) in [6.07, 6.45) is 4.72. The van der Waals surface area contributed by atoms with Gasteiger partial charge in [-0.1, -0.05) is 38.3 Å². The second kappa shape index (κ2) is 10.2. The number of hydrogen-bond donors (Lipinski definition) is 2. The summed E-state index contributed by atoms with van der Waals surface area (Å²) in [6, 6.07) is 7.44. The van der Waals surface area contributed by atoms with Crippen LogP contribution in [0, 0.1) is 0 Å². The molecule has 0 aliphatic carbocycles. The minimum absolute atomic E-state index is 0.331. The first-order valence-electron chi connectivity index (χ1n) is 9.25. The predicted octanol–water partition coefficient (Wildman–Crippen LogP) is 4.00. The van der Waals surface area contributed by atoms with Crippen LogP contribution in [-0.2, 0) is 9.53 Å². The van der Waals surface area contributed by atoms with E-state index in [2.05, 4.69) is 17.6 Å². The number of benzene rings is 1. The van der Waals surface area contributed by atoms with Crippen LogP contribution >= 0.6 is 12.2 Å². The molecule has 6 heteroatoms. The number of ether oxygens (including phenoxy) is 2. The molecule has 0 aromatic heterocycles. The standard InChI is InChI=1S/C20H28N2O3S/c1-4-6-7-8-13-25-16-11-9-15(10-12-16)18-17(19(23)24-5-2)14(3)21-20(26)22-18/h9-12,18H,4-8,13H2,1-3H3,(H2,21,22,26). The highest BCUT2D eigenvalue weighted by molar-refractivity contribution is 7.80. The predicted molar refractivity (Wildman–Crippen MR) is 107 cm³/mol. The Morgan fingerprint density at radius 2 is 1.88 bits per heavy atom. The van der Waals surface area contributed by atoms with E-state index in [1.165, 1.54) is 19.3 Å². The van der Waals surface area contributed by atoms with E-state index < -0.39 is 0 Å². The zero-order chi connectivity index (χ0) is 18.9. The van der Waals surface area contributed by atoms with Gasteiger partial charge in [0, 0.05) is 5.70 Å². The summed E-state index contributed by atoms with van der Waals surface area (Å²) in [5.74, 6) is 0.494. The Labute approximate surface area is 161 Å². The van der Waals surface area contributed by atoms with E-state index in [-0.39, 0.29) is 12.0 Å². The molecule has 0 radical (unpaired) electrons. The molecule has 0 bridgehead atoms. The fraction of sp³-hybridized carbons (Fsp3) is 0.500. The molecular formula is C20H28N2O3S. The van der Waals surface area contributed by atoms with Gasteiger partial charge in [0.15, 0.2) is 5.11 Å². The highest BCUT2D eigenvalue weighted by Crippen LogP contribution is 2.29. The molecule has 1 aliphatic heterocycles. The van der Waals surface area contributed by atoms with Gasteiger partial charge in [-0.15, -0.1) is 0 Å². The van der Waals surface area contributed by atoms with Crippen molar-refractivity contribution >= 4 is 23.3 Å². The third kappa shape index (κ3) is 5.46. The average Bonchev–Trinajstić information content (AvgIpc) is 2.61. The summed E-state index contributed by atoms with van der Waals surface area (Å²) in [6.45, 7) is 6.88. The maximum Gasteiger partial charge on any atom is 0.338 e. The molecule has 2 rings (SSSR count). The summed E-state index contributed by atoms with van der Waals surface area (Å²) < 4.78 is 11.0. The fourth-order valence-electron chi connectivity index (χ4n) is 2.90. The molecule has 1 unspecified atom stereocenters. The van der Waals surface area contributed by atoms with Crippen molar-refractivity contribution in [3.05, 3.63) is 41.1 Å². The zero-order valence-corrected chi connectivity index (χ0v) is 16.6. The maximum absolute atomic E-state index is 12.4. The Morgan fingerprint density at radius 1 is 1.15 bits per heavy atom. The molecule has 26 heavy (non-hydrogen) atoms. The molecule has 1 aliphatic rings. The molecule has 5 nitrogen and oxygen atoms in total. The van der Waals surface area contributed by atoms with Crippen molar-refractivity contribution in [1.29, 1.82) is 0 Å². The minimum atomic E-state index is -0.339. The lowest BCUT2D eigenvalue weighted by Gasteiger charge is -2.29. The molecule has 1 aromatic rings. The maximum atomic E-state index is 12.4. The SMILES string of the molecule is CCCCCCOc1ccc(C2NC(=S)NC(C)=C2C(=O)OCC)cc1. The number of carbonyl (C=O) groups is 1. The topological polar surface area (TPSA) is 59.6 Å². The minimum Gasteiger partial charge on any atom is -0.494 e. The van der Waals surface area contributed by atoms with Crippen LogP contribution in [0.3, 0.4) is 0 Å². The monoisotopic (exact) mass is 376 g/mol. The van der Waals surface area contributed by atoms with Crippen molar-refractivity contribution in [2.75, 3.05) is 13.2 Å². The van der Waals surface area contributed by atoms with Crippen LogP contribution in [0.25, 0.3) is 0 Å². The lowest BCUT2D eigenvalue weighted by Crippen LogP contribution is -2.45. The van der Waals surface area contributed by atoms with E-state index in [9.17, 15) is 4.79 Å². The number of hydrogen-bond acceptors (Lipinski definition) is 4. The first-order chi connectivity index (χ1) is 12.6. The summed E-state index contributed by atoms with van der Waals surface area (Å²) in [5, 5.41) is 6.65. The largest absolute Gasteiger partial charge is 0.494 e. The molecule has 0 spiro atoms. The van der Waals surface area contributed by atoms with Gasteiger partial charge >= 0.3 is 5.97 Å². The van der Waals surface area contributed by atoms with Gasteiger partial charge < -0.3 is 20.1 Å². The van der Waals surface area contributed by atoms with Gasteiger partial charge in [-0.25, -0.2) is 4.79 Å². The van der Waals surface area contributed by atoms with Crippen molar-refractivity contribution < 1.29 is 14.3 Å². The van der Waals surface area contributed by atoms with E-state index in [1.54, 1.807) is 6.92 Å². The van der Waals surface area contributed by atoms with Crippen LogP contribution in [0.2, 0.25) is 0 Å². The summed E-state index contributed by atoms with van der Waals surface area (Å²) in [7, 11) is 0. The molecule has 0 saturated heterocycles. The van der Waals surface area contributed by atoms with Crippen LogP contribution in [0.5, 0.6) is 5.75 Å². The normalized spacial score (nSPS) is 16.7. The number of unbranched alkanes of at least 4 members (excludes halogenated alkanes) is 3. The van der Waals surface area contributed by atoms with Gasteiger partial charge in [0.05, 0.1) is 24.8 Å². The van der Waals surface area contributed by atoms with Gasteiger partial charge in [0.1, 0.15) is 5.75 Å². The van der Waals surface area contributed by atoms with Gasteiger partial charge in [-0.3, -0.25) is 0 Å². The first kappa shape index (κ1) is 20.2. The van der Waals surface area contributed by atoms with E-state index in [0.29, 0.717) is 23.0 Å². The van der Waals surface area contributed by atoms with Crippen molar-refractivity contribution in [3.63, 3.8) is 0 Å². The second-order valence-electron chi connectivity index (χ2n) is 6.27. The van der Waals surface area contributed by atoms with Gasteiger partial charge in [-0.05, 0) is 50.2 Å². The molecule has 2 N–H and O–H groups in total.